The van der Waals surface area contributed by atoms with Crippen LogP contribution in [-0.2, 0) is 10.3 Å². The van der Waals surface area contributed by atoms with E-state index >= 15 is 0 Å². The van der Waals surface area contributed by atoms with Gasteiger partial charge < -0.3 is 10.8 Å². The van der Waals surface area contributed by atoms with Gasteiger partial charge in [-0.25, -0.2) is 4.79 Å². The molecule has 5 heteroatoms. The summed E-state index contributed by atoms with van der Waals surface area (Å²) in [5, 5.41) is 8.82. The Kier molecular flexibility index (Phi) is 2.87. The van der Waals surface area contributed by atoms with E-state index in [1.807, 2.05) is 0 Å². The van der Waals surface area contributed by atoms with Gasteiger partial charge in [0.15, 0.2) is 5.54 Å². The molecule has 70 valence electrons. The van der Waals surface area contributed by atoms with Crippen molar-refractivity contribution in [2.75, 3.05) is 0 Å². The van der Waals surface area contributed by atoms with E-state index in [1.165, 1.54) is 6.92 Å². The minimum atomic E-state index is -1.42. The smallest absolute Gasteiger partial charge is 0.329 e. The van der Waals surface area contributed by atoms with Crippen molar-refractivity contribution in [1.82, 2.24) is 4.98 Å². The van der Waals surface area contributed by atoms with Gasteiger partial charge in [-0.2, -0.15) is 0 Å². The second-order valence-corrected chi connectivity index (χ2v) is 4.11. The average Bonchev–Trinajstić information content (AvgIpc) is 2.04. The minimum absolute atomic E-state index is 0.368. The number of halogens is 1. The van der Waals surface area contributed by atoms with E-state index in [-0.39, 0.29) is 0 Å². The summed E-state index contributed by atoms with van der Waals surface area (Å²) in [6.07, 6.45) is 1.55. The van der Waals surface area contributed by atoms with E-state index in [0.29, 0.717) is 5.69 Å². The molecule has 0 saturated heterocycles. The van der Waals surface area contributed by atoms with Gasteiger partial charge in [0.1, 0.15) is 0 Å². The van der Waals surface area contributed by atoms with Gasteiger partial charge in [-0.1, -0.05) is 0 Å². The van der Waals surface area contributed by atoms with Gasteiger partial charge in [-0.3, -0.25) is 4.98 Å². The monoisotopic (exact) mass is 292 g/mol. The van der Waals surface area contributed by atoms with Crippen LogP contribution < -0.4 is 5.73 Å². The van der Waals surface area contributed by atoms with Gasteiger partial charge >= 0.3 is 5.97 Å². The lowest BCUT2D eigenvalue weighted by molar-refractivity contribution is -0.143. The third-order valence-corrected chi connectivity index (χ3v) is 2.37. The van der Waals surface area contributed by atoms with Crippen LogP contribution in [0.3, 0.4) is 0 Å². The molecule has 0 spiro atoms. The first kappa shape index (κ1) is 10.4. The first-order valence-electron chi connectivity index (χ1n) is 3.59. The summed E-state index contributed by atoms with van der Waals surface area (Å²) >= 11 is 2.08. The molecule has 0 amide bonds. The molecule has 3 N–H and O–H groups in total. The average molecular weight is 292 g/mol. The van der Waals surface area contributed by atoms with E-state index in [2.05, 4.69) is 27.6 Å². The van der Waals surface area contributed by atoms with Crippen molar-refractivity contribution in [3.8, 4) is 0 Å². The summed E-state index contributed by atoms with van der Waals surface area (Å²) in [5.74, 6) is -1.08. The standard InChI is InChI=1S/C8H9IN2O2/c1-8(10,7(12)13)6-4-5(9)2-3-11-6/h2-4H,10H2,1H3,(H,12,13)/t8-/m0/s1. The number of nitrogens with zero attached hydrogens (tertiary/aromatic N) is 1. The van der Waals surface area contributed by atoms with Gasteiger partial charge in [0.25, 0.3) is 0 Å². The first-order chi connectivity index (χ1) is 5.94. The number of aliphatic carboxylic acids is 1. The Morgan fingerprint density at radius 3 is 2.85 bits per heavy atom. The molecule has 0 aliphatic heterocycles. The predicted molar refractivity (Wildman–Crippen MR) is 56.1 cm³/mol. The summed E-state index contributed by atoms with van der Waals surface area (Å²) in [7, 11) is 0. The van der Waals surface area contributed by atoms with Crippen LogP contribution in [0.4, 0.5) is 0 Å². The van der Waals surface area contributed by atoms with Gasteiger partial charge in [0.2, 0.25) is 0 Å². The maximum Gasteiger partial charge on any atom is 0.329 e. The van der Waals surface area contributed by atoms with E-state index in [1.54, 1.807) is 18.3 Å². The van der Waals surface area contributed by atoms with Crippen molar-refractivity contribution in [2.24, 2.45) is 5.73 Å². The SMILES string of the molecule is C[C@@](N)(C(=O)O)c1cc(I)ccn1. The second kappa shape index (κ2) is 3.59. The molecule has 0 fully saturated rings. The zero-order valence-electron chi connectivity index (χ0n) is 6.99. The molecule has 1 aromatic rings. The van der Waals surface area contributed by atoms with Crippen LogP contribution in [-0.4, -0.2) is 16.1 Å². The third-order valence-electron chi connectivity index (χ3n) is 1.70. The topological polar surface area (TPSA) is 76.2 Å². The number of carboxylic acids is 1. The van der Waals surface area contributed by atoms with Crippen molar-refractivity contribution in [3.05, 3.63) is 27.6 Å². The van der Waals surface area contributed by atoms with Crippen LogP contribution in [0.15, 0.2) is 18.3 Å². The third kappa shape index (κ3) is 2.16. The van der Waals surface area contributed by atoms with Crippen LogP contribution in [0.1, 0.15) is 12.6 Å². The van der Waals surface area contributed by atoms with Crippen molar-refractivity contribution < 1.29 is 9.90 Å². The lowest BCUT2D eigenvalue weighted by Crippen LogP contribution is -2.42. The number of carbonyl (C=O) groups is 1. The fourth-order valence-electron chi connectivity index (χ4n) is 0.798. The second-order valence-electron chi connectivity index (χ2n) is 2.87. The molecule has 0 aromatic carbocycles. The maximum atomic E-state index is 10.8. The zero-order chi connectivity index (χ0) is 10.1. The highest BCUT2D eigenvalue weighted by Gasteiger charge is 2.31. The summed E-state index contributed by atoms with van der Waals surface area (Å²) < 4.78 is 0.917. The zero-order valence-corrected chi connectivity index (χ0v) is 9.15. The van der Waals surface area contributed by atoms with Crippen LogP contribution in [0.2, 0.25) is 0 Å². The van der Waals surface area contributed by atoms with Gasteiger partial charge in [0, 0.05) is 9.77 Å². The van der Waals surface area contributed by atoms with Crippen LogP contribution in [0, 0.1) is 3.57 Å². The molecule has 1 rings (SSSR count). The molecular formula is C8H9IN2O2. The molecule has 0 unspecified atom stereocenters. The Hall–Kier alpha value is -0.690. The molecule has 1 atom stereocenters. The highest BCUT2D eigenvalue weighted by atomic mass is 127. The molecule has 0 aliphatic carbocycles. The molecule has 1 heterocycles. The molecule has 13 heavy (non-hydrogen) atoms. The number of aromatic nitrogens is 1. The first-order valence-corrected chi connectivity index (χ1v) is 4.67. The number of nitrogens with two attached hydrogens (primary N) is 1. The summed E-state index contributed by atoms with van der Waals surface area (Å²) in [6.45, 7) is 1.42. The highest BCUT2D eigenvalue weighted by Crippen LogP contribution is 2.17. The highest BCUT2D eigenvalue weighted by molar-refractivity contribution is 14.1. The normalized spacial score (nSPS) is 15.0. The fraction of sp³-hybridized carbons (Fsp3) is 0.250. The molecule has 0 saturated carbocycles. The quantitative estimate of drug-likeness (QED) is 0.796. The number of hydrogen-bond donors (Lipinski definition) is 2. The summed E-state index contributed by atoms with van der Waals surface area (Å²) in [6, 6.07) is 3.44. The van der Waals surface area contributed by atoms with Crippen molar-refractivity contribution >= 4 is 28.6 Å². The Balaban J connectivity index is 3.14. The Labute approximate surface area is 89.3 Å². The lowest BCUT2D eigenvalue weighted by Gasteiger charge is -2.18. The van der Waals surface area contributed by atoms with E-state index in [9.17, 15) is 4.79 Å². The number of carboxylic acid groups (broad SMARTS) is 1. The Morgan fingerprint density at radius 2 is 2.38 bits per heavy atom. The minimum Gasteiger partial charge on any atom is -0.480 e. The van der Waals surface area contributed by atoms with Crippen LogP contribution in [0.5, 0.6) is 0 Å². The molecular weight excluding hydrogens is 283 g/mol. The maximum absolute atomic E-state index is 10.8. The number of rotatable bonds is 2. The van der Waals surface area contributed by atoms with E-state index in [0.717, 1.165) is 3.57 Å². The van der Waals surface area contributed by atoms with E-state index < -0.39 is 11.5 Å². The van der Waals surface area contributed by atoms with Gasteiger partial charge in [0.05, 0.1) is 5.69 Å². The Bertz CT molecular complexity index is 339. The van der Waals surface area contributed by atoms with Crippen molar-refractivity contribution in [2.45, 2.75) is 12.5 Å². The molecule has 0 aliphatic rings. The molecule has 4 nitrogen and oxygen atoms in total. The van der Waals surface area contributed by atoms with Gasteiger partial charge in [-0.05, 0) is 41.6 Å². The van der Waals surface area contributed by atoms with Gasteiger partial charge in [-0.15, -0.1) is 0 Å². The fourth-order valence-corrected chi connectivity index (χ4v) is 1.25. The number of hydrogen-bond acceptors (Lipinski definition) is 3. The Morgan fingerprint density at radius 1 is 1.77 bits per heavy atom. The summed E-state index contributed by atoms with van der Waals surface area (Å²) in [4.78, 5) is 14.7. The largest absolute Gasteiger partial charge is 0.480 e. The molecule has 1 aromatic heterocycles. The van der Waals surface area contributed by atoms with E-state index in [4.69, 9.17) is 10.8 Å². The number of pyridine rings is 1. The molecule has 0 bridgehead atoms. The summed E-state index contributed by atoms with van der Waals surface area (Å²) in [5.41, 5.74) is 4.54. The van der Waals surface area contributed by atoms with Crippen LogP contribution >= 0.6 is 22.6 Å². The predicted octanol–water partition coefficient (Wildman–Crippen LogP) is 0.945. The van der Waals surface area contributed by atoms with Crippen molar-refractivity contribution in [1.29, 1.82) is 0 Å². The van der Waals surface area contributed by atoms with Crippen LogP contribution in [0.25, 0.3) is 0 Å². The van der Waals surface area contributed by atoms with Crippen molar-refractivity contribution in [3.63, 3.8) is 0 Å². The molecule has 0 radical (unpaired) electrons. The lowest BCUT2D eigenvalue weighted by atomic mass is 9.99.